The molecule has 0 radical (unpaired) electrons. The van der Waals surface area contributed by atoms with E-state index in [1.54, 1.807) is 25.3 Å². The Labute approximate surface area is 90.0 Å². The molecule has 0 saturated carbocycles. The number of allylic oxidation sites excluding steroid dienone is 1. The Kier molecular flexibility index (Phi) is 4.71. The average Bonchev–Trinajstić information content (AvgIpc) is 2.29. The summed E-state index contributed by atoms with van der Waals surface area (Å²) in [5.41, 5.74) is 0.811. The summed E-state index contributed by atoms with van der Waals surface area (Å²) in [6.45, 7) is 2.44. The molecule has 1 rings (SSSR count). The molecule has 1 aromatic rings. The van der Waals surface area contributed by atoms with Crippen LogP contribution in [-0.2, 0) is 6.61 Å². The maximum absolute atomic E-state index is 8.99. The molecular weight excluding hydrogens is 192 g/mol. The summed E-state index contributed by atoms with van der Waals surface area (Å²) in [4.78, 5) is 0. The largest absolute Gasteiger partial charge is 0.493 e. The number of ether oxygens (including phenoxy) is 2. The molecule has 3 nitrogen and oxygen atoms in total. The molecule has 1 aromatic carbocycles. The minimum absolute atomic E-state index is 0.00394. The second-order valence-corrected chi connectivity index (χ2v) is 3.02. The Morgan fingerprint density at radius 3 is 2.73 bits per heavy atom. The van der Waals surface area contributed by atoms with E-state index in [2.05, 4.69) is 0 Å². The second kappa shape index (κ2) is 6.09. The van der Waals surface area contributed by atoms with Crippen molar-refractivity contribution in [2.24, 2.45) is 0 Å². The second-order valence-electron chi connectivity index (χ2n) is 3.02. The van der Waals surface area contributed by atoms with Gasteiger partial charge in [-0.25, -0.2) is 0 Å². The lowest BCUT2D eigenvalue weighted by molar-refractivity contribution is 0.279. The van der Waals surface area contributed by atoms with Crippen molar-refractivity contribution in [2.45, 2.75) is 13.5 Å². The van der Waals surface area contributed by atoms with Gasteiger partial charge in [-0.15, -0.1) is 0 Å². The van der Waals surface area contributed by atoms with E-state index in [9.17, 15) is 0 Å². The first-order valence-corrected chi connectivity index (χ1v) is 4.83. The number of hydrogen-bond donors (Lipinski definition) is 1. The number of methoxy groups -OCH3 is 1. The Hall–Kier alpha value is -1.48. The first-order chi connectivity index (χ1) is 7.31. The molecule has 0 atom stereocenters. The molecule has 0 saturated heterocycles. The molecule has 3 heteroatoms. The van der Waals surface area contributed by atoms with Crippen LogP contribution in [0.15, 0.2) is 30.4 Å². The molecule has 0 amide bonds. The first-order valence-electron chi connectivity index (χ1n) is 4.83. The van der Waals surface area contributed by atoms with Gasteiger partial charge in [0.2, 0.25) is 0 Å². The van der Waals surface area contributed by atoms with Crippen molar-refractivity contribution in [3.05, 3.63) is 35.9 Å². The lowest BCUT2D eigenvalue weighted by atomic mass is 10.2. The summed E-state index contributed by atoms with van der Waals surface area (Å²) in [6, 6.07) is 5.38. The van der Waals surface area contributed by atoms with E-state index < -0.39 is 0 Å². The molecule has 82 valence electrons. The van der Waals surface area contributed by atoms with Crippen molar-refractivity contribution in [1.29, 1.82) is 0 Å². The number of aliphatic hydroxyl groups is 1. The van der Waals surface area contributed by atoms with Gasteiger partial charge in [-0.1, -0.05) is 18.2 Å². The zero-order chi connectivity index (χ0) is 11.1. The van der Waals surface area contributed by atoms with E-state index in [4.69, 9.17) is 14.6 Å². The van der Waals surface area contributed by atoms with Crippen LogP contribution in [0.4, 0.5) is 0 Å². The summed E-state index contributed by atoms with van der Waals surface area (Å²) in [7, 11) is 1.59. The van der Waals surface area contributed by atoms with Gasteiger partial charge < -0.3 is 14.6 Å². The topological polar surface area (TPSA) is 38.7 Å². The molecule has 0 spiro atoms. The van der Waals surface area contributed by atoms with Gasteiger partial charge in [-0.3, -0.25) is 0 Å². The van der Waals surface area contributed by atoms with Crippen LogP contribution < -0.4 is 9.47 Å². The molecule has 0 unspecified atom stereocenters. The number of hydrogen-bond acceptors (Lipinski definition) is 3. The van der Waals surface area contributed by atoms with Crippen LogP contribution in [-0.4, -0.2) is 18.8 Å². The highest BCUT2D eigenvalue weighted by atomic mass is 16.5. The smallest absolute Gasteiger partial charge is 0.161 e. The zero-order valence-corrected chi connectivity index (χ0v) is 9.06. The number of benzene rings is 1. The molecule has 0 aliphatic rings. The Balaban J connectivity index is 2.81. The van der Waals surface area contributed by atoms with Crippen molar-refractivity contribution in [1.82, 2.24) is 0 Å². The summed E-state index contributed by atoms with van der Waals surface area (Å²) < 4.78 is 10.6. The lowest BCUT2D eigenvalue weighted by Gasteiger charge is -2.10. The maximum Gasteiger partial charge on any atom is 0.161 e. The fourth-order valence-electron chi connectivity index (χ4n) is 1.17. The summed E-state index contributed by atoms with van der Waals surface area (Å²) in [5, 5.41) is 8.99. The van der Waals surface area contributed by atoms with E-state index >= 15 is 0 Å². The molecule has 0 aliphatic heterocycles. The fourth-order valence-corrected chi connectivity index (χ4v) is 1.17. The average molecular weight is 208 g/mol. The molecule has 15 heavy (non-hydrogen) atoms. The quantitative estimate of drug-likeness (QED) is 0.753. The van der Waals surface area contributed by atoms with Gasteiger partial charge in [-0.05, 0) is 24.6 Å². The van der Waals surface area contributed by atoms with Gasteiger partial charge in [0.25, 0.3) is 0 Å². The third-order valence-electron chi connectivity index (χ3n) is 1.98. The van der Waals surface area contributed by atoms with E-state index in [0.717, 1.165) is 5.56 Å². The SMILES string of the molecule is C/C=C/COc1cc(CO)ccc1OC. The van der Waals surface area contributed by atoms with E-state index in [1.807, 2.05) is 19.1 Å². The van der Waals surface area contributed by atoms with Crippen LogP contribution in [0.5, 0.6) is 11.5 Å². The normalized spacial score (nSPS) is 10.6. The third kappa shape index (κ3) is 3.29. The Morgan fingerprint density at radius 1 is 1.33 bits per heavy atom. The van der Waals surface area contributed by atoms with Gasteiger partial charge in [0, 0.05) is 0 Å². The monoisotopic (exact) mass is 208 g/mol. The van der Waals surface area contributed by atoms with Gasteiger partial charge in [0.05, 0.1) is 13.7 Å². The van der Waals surface area contributed by atoms with Crippen molar-refractivity contribution in [3.8, 4) is 11.5 Å². The Morgan fingerprint density at radius 2 is 2.13 bits per heavy atom. The summed E-state index contributed by atoms with van der Waals surface area (Å²) >= 11 is 0. The first kappa shape index (κ1) is 11.6. The molecule has 0 aromatic heterocycles. The predicted octanol–water partition coefficient (Wildman–Crippen LogP) is 2.14. The van der Waals surface area contributed by atoms with Crippen molar-refractivity contribution >= 4 is 0 Å². The van der Waals surface area contributed by atoms with Crippen LogP contribution in [0.25, 0.3) is 0 Å². The van der Waals surface area contributed by atoms with Crippen LogP contribution in [0.3, 0.4) is 0 Å². The molecule has 1 N–H and O–H groups in total. The standard InChI is InChI=1S/C12H16O3/c1-3-4-7-15-12-8-10(9-13)5-6-11(12)14-2/h3-6,8,13H,7,9H2,1-2H3/b4-3+. The van der Waals surface area contributed by atoms with Crippen molar-refractivity contribution in [3.63, 3.8) is 0 Å². The third-order valence-corrected chi connectivity index (χ3v) is 1.98. The highest BCUT2D eigenvalue weighted by Crippen LogP contribution is 2.27. The predicted molar refractivity (Wildman–Crippen MR) is 59.2 cm³/mol. The Bertz CT molecular complexity index is 332. The lowest BCUT2D eigenvalue weighted by Crippen LogP contribution is -1.97. The van der Waals surface area contributed by atoms with Crippen LogP contribution >= 0.6 is 0 Å². The minimum Gasteiger partial charge on any atom is -0.493 e. The van der Waals surface area contributed by atoms with E-state index in [-0.39, 0.29) is 6.61 Å². The van der Waals surface area contributed by atoms with Crippen LogP contribution in [0, 0.1) is 0 Å². The number of rotatable bonds is 5. The van der Waals surface area contributed by atoms with E-state index in [0.29, 0.717) is 18.1 Å². The maximum atomic E-state index is 8.99. The molecule has 0 bridgehead atoms. The molecule has 0 heterocycles. The summed E-state index contributed by atoms with van der Waals surface area (Å²) in [6.07, 6.45) is 3.83. The minimum atomic E-state index is 0.00394. The highest BCUT2D eigenvalue weighted by molar-refractivity contribution is 5.42. The van der Waals surface area contributed by atoms with Crippen LogP contribution in [0.1, 0.15) is 12.5 Å². The van der Waals surface area contributed by atoms with Gasteiger partial charge in [0.1, 0.15) is 6.61 Å². The molecule has 0 fully saturated rings. The summed E-state index contributed by atoms with van der Waals surface area (Å²) in [5.74, 6) is 1.33. The molecular formula is C12H16O3. The van der Waals surface area contributed by atoms with Gasteiger partial charge in [0.15, 0.2) is 11.5 Å². The van der Waals surface area contributed by atoms with Crippen molar-refractivity contribution < 1.29 is 14.6 Å². The highest BCUT2D eigenvalue weighted by Gasteiger charge is 2.04. The van der Waals surface area contributed by atoms with E-state index in [1.165, 1.54) is 0 Å². The molecule has 0 aliphatic carbocycles. The number of aliphatic hydroxyl groups excluding tert-OH is 1. The van der Waals surface area contributed by atoms with Gasteiger partial charge in [-0.2, -0.15) is 0 Å². The van der Waals surface area contributed by atoms with Gasteiger partial charge >= 0.3 is 0 Å². The van der Waals surface area contributed by atoms with Crippen LogP contribution in [0.2, 0.25) is 0 Å². The fraction of sp³-hybridized carbons (Fsp3) is 0.333. The van der Waals surface area contributed by atoms with Crippen molar-refractivity contribution in [2.75, 3.05) is 13.7 Å². The zero-order valence-electron chi connectivity index (χ0n) is 9.06.